The zero-order valence-corrected chi connectivity index (χ0v) is 12.6. The molecule has 0 amide bonds. The van der Waals surface area contributed by atoms with Crippen molar-refractivity contribution >= 4 is 16.0 Å². The van der Waals surface area contributed by atoms with Gasteiger partial charge in [0.2, 0.25) is 10.0 Å². The number of hydrogen-bond donors (Lipinski definition) is 1. The second kappa shape index (κ2) is 5.42. The summed E-state index contributed by atoms with van der Waals surface area (Å²) in [5.74, 6) is -1.50. The topological polar surface area (TPSA) is 74.7 Å². The highest BCUT2D eigenvalue weighted by molar-refractivity contribution is 7.89. The maximum atomic E-state index is 12.6. The van der Waals surface area contributed by atoms with Gasteiger partial charge in [-0.15, -0.1) is 0 Å². The fourth-order valence-electron chi connectivity index (χ4n) is 3.17. The van der Waals surface area contributed by atoms with Crippen LogP contribution in [0.2, 0.25) is 0 Å². The summed E-state index contributed by atoms with van der Waals surface area (Å²) in [5.41, 5.74) is 2.36. The van der Waals surface area contributed by atoms with E-state index in [2.05, 4.69) is 0 Å². The van der Waals surface area contributed by atoms with Crippen LogP contribution in [0, 0.1) is 5.92 Å². The van der Waals surface area contributed by atoms with Crippen molar-refractivity contribution in [3.63, 3.8) is 0 Å². The summed E-state index contributed by atoms with van der Waals surface area (Å²) < 4.78 is 26.5. The molecule has 1 heterocycles. The molecule has 0 bridgehead atoms. The Kier molecular flexibility index (Phi) is 3.75. The van der Waals surface area contributed by atoms with Crippen LogP contribution in [-0.2, 0) is 27.7 Å². The van der Waals surface area contributed by atoms with Crippen LogP contribution in [-0.4, -0.2) is 36.9 Å². The summed E-state index contributed by atoms with van der Waals surface area (Å²) >= 11 is 0. The molecule has 114 valence electrons. The van der Waals surface area contributed by atoms with E-state index in [0.29, 0.717) is 11.3 Å². The van der Waals surface area contributed by atoms with E-state index < -0.39 is 21.9 Å². The van der Waals surface area contributed by atoms with E-state index >= 15 is 0 Å². The van der Waals surface area contributed by atoms with Crippen molar-refractivity contribution in [1.29, 1.82) is 0 Å². The molecule has 21 heavy (non-hydrogen) atoms. The van der Waals surface area contributed by atoms with E-state index in [1.165, 1.54) is 9.87 Å². The van der Waals surface area contributed by atoms with Crippen LogP contribution in [0.4, 0.5) is 0 Å². The van der Waals surface area contributed by atoms with Crippen LogP contribution >= 0.6 is 0 Å². The number of benzene rings is 1. The van der Waals surface area contributed by atoms with Gasteiger partial charge in [0.05, 0.1) is 10.8 Å². The molecule has 1 atom stereocenters. The van der Waals surface area contributed by atoms with Gasteiger partial charge >= 0.3 is 5.97 Å². The van der Waals surface area contributed by atoms with Crippen LogP contribution in [0.15, 0.2) is 23.1 Å². The lowest BCUT2D eigenvalue weighted by molar-refractivity contribution is -0.141. The van der Waals surface area contributed by atoms with Crippen LogP contribution in [0.1, 0.15) is 30.4 Å². The van der Waals surface area contributed by atoms with Gasteiger partial charge in [0, 0.05) is 13.1 Å². The number of hydrogen-bond acceptors (Lipinski definition) is 3. The van der Waals surface area contributed by atoms with Gasteiger partial charge in [-0.25, -0.2) is 8.42 Å². The maximum Gasteiger partial charge on any atom is 0.307 e. The van der Waals surface area contributed by atoms with Crippen molar-refractivity contribution in [3.8, 4) is 0 Å². The first-order chi connectivity index (χ1) is 9.98. The van der Waals surface area contributed by atoms with E-state index in [9.17, 15) is 13.2 Å². The lowest BCUT2D eigenvalue weighted by Gasteiger charge is -2.20. The smallest absolute Gasteiger partial charge is 0.307 e. The third-order valence-electron chi connectivity index (χ3n) is 4.46. The van der Waals surface area contributed by atoms with Gasteiger partial charge in [0.15, 0.2) is 0 Å². The van der Waals surface area contributed by atoms with Gasteiger partial charge in [0.25, 0.3) is 0 Å². The molecule has 3 rings (SSSR count). The molecule has 1 aliphatic carbocycles. The van der Waals surface area contributed by atoms with Crippen LogP contribution in [0.3, 0.4) is 0 Å². The molecular formula is C15H19NO4S. The van der Waals surface area contributed by atoms with Gasteiger partial charge in [-0.2, -0.15) is 4.31 Å². The molecule has 1 aliphatic heterocycles. The Hall–Kier alpha value is -1.40. The van der Waals surface area contributed by atoms with Gasteiger partial charge in [-0.1, -0.05) is 6.07 Å². The molecule has 0 saturated carbocycles. The summed E-state index contributed by atoms with van der Waals surface area (Å²) in [6, 6.07) is 5.34. The van der Waals surface area contributed by atoms with Crippen molar-refractivity contribution in [1.82, 2.24) is 4.31 Å². The third kappa shape index (κ3) is 2.70. The number of aliphatic carboxylic acids is 1. The molecule has 5 nitrogen and oxygen atoms in total. The van der Waals surface area contributed by atoms with E-state index in [1.54, 1.807) is 12.1 Å². The number of carboxylic acids is 1. The monoisotopic (exact) mass is 309 g/mol. The fourth-order valence-corrected chi connectivity index (χ4v) is 4.72. The van der Waals surface area contributed by atoms with Crippen molar-refractivity contribution in [2.45, 2.75) is 37.0 Å². The van der Waals surface area contributed by atoms with Crippen molar-refractivity contribution in [2.24, 2.45) is 5.92 Å². The molecule has 1 aromatic rings. The molecule has 1 N–H and O–H groups in total. The van der Waals surface area contributed by atoms with E-state index in [-0.39, 0.29) is 13.1 Å². The van der Waals surface area contributed by atoms with E-state index in [4.69, 9.17) is 5.11 Å². The Morgan fingerprint density at radius 1 is 1.19 bits per heavy atom. The number of carboxylic acid groups (broad SMARTS) is 1. The molecule has 2 aliphatic rings. The largest absolute Gasteiger partial charge is 0.481 e. The molecule has 0 spiro atoms. The van der Waals surface area contributed by atoms with Gasteiger partial charge < -0.3 is 5.11 Å². The molecule has 1 aromatic carbocycles. The summed E-state index contributed by atoms with van der Waals surface area (Å²) in [6.45, 7) is 0.366. The molecule has 0 aromatic heterocycles. The average molecular weight is 309 g/mol. The highest BCUT2D eigenvalue weighted by Crippen LogP contribution is 2.28. The summed E-state index contributed by atoms with van der Waals surface area (Å²) in [6.07, 6.45) is 4.59. The predicted molar refractivity (Wildman–Crippen MR) is 77.6 cm³/mol. The predicted octanol–water partition coefficient (Wildman–Crippen LogP) is 1.66. The molecule has 0 unspecified atom stereocenters. The maximum absolute atomic E-state index is 12.6. The second-order valence-corrected chi connectivity index (χ2v) is 7.76. The standard InChI is InChI=1S/C15H19NO4S/c17-15(18)13-7-8-16(10-13)21(19,20)14-6-5-11-3-1-2-4-12(11)9-14/h5-6,9,13H,1-4,7-8,10H2,(H,17,18)/t13-/m1/s1. The number of rotatable bonds is 3. The summed E-state index contributed by atoms with van der Waals surface area (Å²) in [5, 5.41) is 9.00. The first-order valence-electron chi connectivity index (χ1n) is 7.33. The highest BCUT2D eigenvalue weighted by atomic mass is 32.2. The Morgan fingerprint density at radius 2 is 1.90 bits per heavy atom. The SMILES string of the molecule is O=C(O)[C@@H]1CCN(S(=O)(=O)c2ccc3c(c2)CCCC3)C1. The molecule has 0 radical (unpaired) electrons. The Balaban J connectivity index is 1.87. The number of carbonyl (C=O) groups is 1. The summed E-state index contributed by atoms with van der Waals surface area (Å²) in [7, 11) is -3.57. The Bertz CT molecular complexity index is 668. The minimum absolute atomic E-state index is 0.0781. The van der Waals surface area contributed by atoms with Crippen molar-refractivity contribution < 1.29 is 18.3 Å². The van der Waals surface area contributed by atoms with Gasteiger partial charge in [-0.05, 0) is 55.4 Å². The van der Waals surface area contributed by atoms with Crippen LogP contribution in [0.25, 0.3) is 0 Å². The molecule has 6 heteroatoms. The lowest BCUT2D eigenvalue weighted by atomic mass is 9.92. The molecule has 1 fully saturated rings. The number of aryl methyl sites for hydroxylation is 2. The zero-order valence-electron chi connectivity index (χ0n) is 11.8. The van der Waals surface area contributed by atoms with E-state index in [1.807, 2.05) is 6.07 Å². The fraction of sp³-hybridized carbons (Fsp3) is 0.533. The first kappa shape index (κ1) is 14.5. The minimum atomic E-state index is -3.57. The zero-order chi connectivity index (χ0) is 15.0. The second-order valence-electron chi connectivity index (χ2n) is 5.82. The minimum Gasteiger partial charge on any atom is -0.481 e. The Morgan fingerprint density at radius 3 is 2.57 bits per heavy atom. The number of sulfonamides is 1. The number of fused-ring (bicyclic) bond motifs is 1. The highest BCUT2D eigenvalue weighted by Gasteiger charge is 2.36. The van der Waals surface area contributed by atoms with Crippen molar-refractivity contribution in [2.75, 3.05) is 13.1 Å². The number of nitrogens with zero attached hydrogens (tertiary/aromatic N) is 1. The third-order valence-corrected chi connectivity index (χ3v) is 6.32. The van der Waals surface area contributed by atoms with E-state index in [0.717, 1.165) is 31.2 Å². The average Bonchev–Trinajstić information content (AvgIpc) is 2.97. The normalized spacial score (nSPS) is 23.0. The Labute approximate surface area is 124 Å². The molecular weight excluding hydrogens is 290 g/mol. The lowest BCUT2D eigenvalue weighted by Crippen LogP contribution is -2.30. The quantitative estimate of drug-likeness (QED) is 0.921. The van der Waals surface area contributed by atoms with Crippen molar-refractivity contribution in [3.05, 3.63) is 29.3 Å². The van der Waals surface area contributed by atoms with Crippen LogP contribution < -0.4 is 0 Å². The van der Waals surface area contributed by atoms with Gasteiger partial charge in [-0.3, -0.25) is 4.79 Å². The summed E-state index contributed by atoms with van der Waals surface area (Å²) in [4.78, 5) is 11.3. The van der Waals surface area contributed by atoms with Gasteiger partial charge in [0.1, 0.15) is 0 Å². The molecule has 1 saturated heterocycles. The van der Waals surface area contributed by atoms with Crippen LogP contribution in [0.5, 0.6) is 0 Å². The first-order valence-corrected chi connectivity index (χ1v) is 8.77.